The van der Waals surface area contributed by atoms with Crippen molar-refractivity contribution in [1.29, 1.82) is 0 Å². The third-order valence-corrected chi connectivity index (χ3v) is 5.05. The van der Waals surface area contributed by atoms with Gasteiger partial charge in [0.25, 0.3) is 0 Å². The number of nitrogens with one attached hydrogen (secondary N) is 1. The molecule has 1 heterocycles. The molecule has 0 atom stereocenters. The highest BCUT2D eigenvalue weighted by Crippen LogP contribution is 2.20. The molecular formula is C12H19ClN2O2S. The molecule has 6 heteroatoms. The molecule has 0 amide bonds. The van der Waals surface area contributed by atoms with E-state index in [4.69, 9.17) is 0 Å². The van der Waals surface area contributed by atoms with Gasteiger partial charge in [0, 0.05) is 26.2 Å². The van der Waals surface area contributed by atoms with E-state index in [9.17, 15) is 8.42 Å². The third-order valence-electron chi connectivity index (χ3n) is 3.05. The van der Waals surface area contributed by atoms with Gasteiger partial charge in [0.15, 0.2) is 0 Å². The van der Waals surface area contributed by atoms with Crippen molar-refractivity contribution in [3.8, 4) is 0 Å². The van der Waals surface area contributed by atoms with Gasteiger partial charge in [-0.15, -0.1) is 12.4 Å². The number of hydrogen-bond donors (Lipinski definition) is 1. The Morgan fingerprint density at radius 3 is 2.44 bits per heavy atom. The summed E-state index contributed by atoms with van der Waals surface area (Å²) >= 11 is 0. The third kappa shape index (κ3) is 3.03. The van der Waals surface area contributed by atoms with E-state index in [-0.39, 0.29) is 12.4 Å². The average Bonchev–Trinajstić information content (AvgIpc) is 2.39. The first-order valence-corrected chi connectivity index (χ1v) is 7.39. The van der Waals surface area contributed by atoms with Crippen molar-refractivity contribution in [2.45, 2.75) is 18.2 Å². The minimum atomic E-state index is -3.31. The maximum atomic E-state index is 12.5. The fourth-order valence-corrected chi connectivity index (χ4v) is 3.81. The topological polar surface area (TPSA) is 49.4 Å². The van der Waals surface area contributed by atoms with E-state index < -0.39 is 10.0 Å². The Balaban J connectivity index is 0.00000162. The predicted octanol–water partition coefficient (Wildman–Crippen LogP) is 1.26. The molecule has 0 aromatic heterocycles. The van der Waals surface area contributed by atoms with Crippen LogP contribution in [-0.2, 0) is 16.4 Å². The molecule has 0 bridgehead atoms. The molecule has 1 aliphatic heterocycles. The van der Waals surface area contributed by atoms with Crippen molar-refractivity contribution in [3.63, 3.8) is 0 Å². The predicted molar refractivity (Wildman–Crippen MR) is 74.7 cm³/mol. The Labute approximate surface area is 115 Å². The maximum absolute atomic E-state index is 12.5. The van der Waals surface area contributed by atoms with Gasteiger partial charge < -0.3 is 5.32 Å². The molecule has 1 aromatic carbocycles. The summed E-state index contributed by atoms with van der Waals surface area (Å²) in [5, 5.41) is 3.16. The second-order valence-corrected chi connectivity index (χ2v) is 6.02. The maximum Gasteiger partial charge on any atom is 0.243 e. The van der Waals surface area contributed by atoms with Crippen LogP contribution in [0.5, 0.6) is 0 Å². The first kappa shape index (κ1) is 15.4. The van der Waals surface area contributed by atoms with Gasteiger partial charge in [0.1, 0.15) is 0 Å². The molecule has 102 valence electrons. The lowest BCUT2D eigenvalue weighted by Gasteiger charge is -2.27. The van der Waals surface area contributed by atoms with E-state index in [1.807, 2.05) is 19.1 Å². The summed E-state index contributed by atoms with van der Waals surface area (Å²) in [7, 11) is -3.31. The van der Waals surface area contributed by atoms with Crippen LogP contribution in [0.3, 0.4) is 0 Å². The zero-order valence-corrected chi connectivity index (χ0v) is 12.1. The summed E-state index contributed by atoms with van der Waals surface area (Å²) in [5.74, 6) is 0. The molecule has 2 rings (SSSR count). The minimum Gasteiger partial charge on any atom is -0.314 e. The summed E-state index contributed by atoms with van der Waals surface area (Å²) < 4.78 is 26.5. The van der Waals surface area contributed by atoms with Gasteiger partial charge in [-0.2, -0.15) is 4.31 Å². The van der Waals surface area contributed by atoms with Crippen LogP contribution in [0.4, 0.5) is 0 Å². The Kier molecular flexibility index (Phi) is 5.59. The molecular weight excluding hydrogens is 272 g/mol. The number of hydrogen-bond acceptors (Lipinski definition) is 3. The Morgan fingerprint density at radius 1 is 1.22 bits per heavy atom. The average molecular weight is 291 g/mol. The van der Waals surface area contributed by atoms with Gasteiger partial charge >= 0.3 is 0 Å². The van der Waals surface area contributed by atoms with E-state index in [1.165, 1.54) is 0 Å². The SMILES string of the molecule is CCc1ccccc1S(=O)(=O)N1CCNCC1.Cl. The van der Waals surface area contributed by atoms with E-state index in [2.05, 4.69) is 5.32 Å². The van der Waals surface area contributed by atoms with E-state index in [1.54, 1.807) is 16.4 Å². The number of nitrogens with zero attached hydrogens (tertiary/aromatic N) is 1. The van der Waals surface area contributed by atoms with Gasteiger partial charge in [-0.25, -0.2) is 8.42 Å². The molecule has 1 aromatic rings. The van der Waals surface area contributed by atoms with Gasteiger partial charge in [0.2, 0.25) is 10.0 Å². The second kappa shape index (κ2) is 6.52. The molecule has 0 aliphatic carbocycles. The van der Waals surface area contributed by atoms with Gasteiger partial charge in [-0.3, -0.25) is 0 Å². The largest absolute Gasteiger partial charge is 0.314 e. The van der Waals surface area contributed by atoms with E-state index in [0.717, 1.165) is 25.1 Å². The highest BCUT2D eigenvalue weighted by Gasteiger charge is 2.27. The smallest absolute Gasteiger partial charge is 0.243 e. The zero-order valence-electron chi connectivity index (χ0n) is 10.4. The van der Waals surface area contributed by atoms with Crippen LogP contribution in [-0.4, -0.2) is 38.9 Å². The van der Waals surface area contributed by atoms with Crippen LogP contribution in [0.1, 0.15) is 12.5 Å². The van der Waals surface area contributed by atoms with Crippen LogP contribution in [0.2, 0.25) is 0 Å². The Hall–Kier alpha value is -0.620. The molecule has 0 unspecified atom stereocenters. The van der Waals surface area contributed by atoms with Crippen molar-refractivity contribution in [2.24, 2.45) is 0 Å². The van der Waals surface area contributed by atoms with Crippen molar-refractivity contribution >= 4 is 22.4 Å². The second-order valence-electron chi connectivity index (χ2n) is 4.12. The standard InChI is InChI=1S/C12H18N2O2S.ClH/c1-2-11-5-3-4-6-12(11)17(15,16)14-9-7-13-8-10-14;/h3-6,13H,2,7-10H2,1H3;1H. The monoisotopic (exact) mass is 290 g/mol. The molecule has 18 heavy (non-hydrogen) atoms. The Morgan fingerprint density at radius 2 is 1.83 bits per heavy atom. The van der Waals surface area contributed by atoms with Crippen LogP contribution >= 0.6 is 12.4 Å². The fraction of sp³-hybridized carbons (Fsp3) is 0.500. The van der Waals surface area contributed by atoms with Crippen molar-refractivity contribution < 1.29 is 8.42 Å². The highest BCUT2D eigenvalue weighted by atomic mass is 35.5. The number of benzene rings is 1. The molecule has 1 aliphatic rings. The highest BCUT2D eigenvalue weighted by molar-refractivity contribution is 7.89. The first-order chi connectivity index (χ1) is 8.16. The summed E-state index contributed by atoms with van der Waals surface area (Å²) in [4.78, 5) is 0.462. The molecule has 1 saturated heterocycles. The number of piperazine rings is 1. The van der Waals surface area contributed by atoms with E-state index >= 15 is 0 Å². The lowest BCUT2D eigenvalue weighted by atomic mass is 10.2. The van der Waals surface area contributed by atoms with Crippen LogP contribution < -0.4 is 5.32 Å². The first-order valence-electron chi connectivity index (χ1n) is 5.95. The summed E-state index contributed by atoms with van der Waals surface area (Å²) in [6.45, 7) is 4.55. The number of aryl methyl sites for hydroxylation is 1. The molecule has 4 nitrogen and oxygen atoms in total. The van der Waals surface area contributed by atoms with Gasteiger partial charge in [-0.1, -0.05) is 25.1 Å². The minimum absolute atomic E-state index is 0. The molecule has 0 saturated carbocycles. The van der Waals surface area contributed by atoms with Crippen LogP contribution in [0.25, 0.3) is 0 Å². The van der Waals surface area contributed by atoms with Crippen LogP contribution in [0, 0.1) is 0 Å². The lowest BCUT2D eigenvalue weighted by molar-refractivity contribution is 0.360. The number of sulfonamides is 1. The van der Waals surface area contributed by atoms with E-state index in [0.29, 0.717) is 18.0 Å². The Bertz CT molecular complexity index is 485. The zero-order chi connectivity index (χ0) is 12.3. The molecule has 0 radical (unpaired) electrons. The van der Waals surface area contributed by atoms with Gasteiger partial charge in [-0.05, 0) is 18.1 Å². The van der Waals surface area contributed by atoms with Crippen LogP contribution in [0.15, 0.2) is 29.2 Å². The molecule has 1 fully saturated rings. The lowest BCUT2D eigenvalue weighted by Crippen LogP contribution is -2.46. The van der Waals surface area contributed by atoms with Crippen molar-refractivity contribution in [1.82, 2.24) is 9.62 Å². The fourth-order valence-electron chi connectivity index (χ4n) is 2.07. The molecule has 1 N–H and O–H groups in total. The number of halogens is 1. The summed E-state index contributed by atoms with van der Waals surface area (Å²) in [5.41, 5.74) is 0.894. The van der Waals surface area contributed by atoms with Crippen molar-refractivity contribution in [2.75, 3.05) is 26.2 Å². The van der Waals surface area contributed by atoms with Gasteiger partial charge in [0.05, 0.1) is 4.90 Å². The molecule has 0 spiro atoms. The quantitative estimate of drug-likeness (QED) is 0.912. The summed E-state index contributed by atoms with van der Waals surface area (Å²) in [6.07, 6.45) is 0.738. The number of rotatable bonds is 3. The van der Waals surface area contributed by atoms with Crippen molar-refractivity contribution in [3.05, 3.63) is 29.8 Å². The normalized spacial score (nSPS) is 17.2. The summed E-state index contributed by atoms with van der Waals surface area (Å²) in [6, 6.07) is 7.26.